The van der Waals surface area contributed by atoms with E-state index in [2.05, 4.69) is 15.9 Å². The zero-order valence-corrected chi connectivity index (χ0v) is 12.4. The summed E-state index contributed by atoms with van der Waals surface area (Å²) in [5.41, 5.74) is 7.71. The van der Waals surface area contributed by atoms with Gasteiger partial charge in [-0.25, -0.2) is 0 Å². The molecule has 0 unspecified atom stereocenters. The van der Waals surface area contributed by atoms with Gasteiger partial charge >= 0.3 is 0 Å². The van der Waals surface area contributed by atoms with Gasteiger partial charge in [-0.1, -0.05) is 22.0 Å². The maximum atomic E-state index is 5.79. The largest absolute Gasteiger partial charge is 0.489 e. The van der Waals surface area contributed by atoms with E-state index in [9.17, 15) is 0 Å². The van der Waals surface area contributed by atoms with Crippen molar-refractivity contribution in [1.82, 2.24) is 0 Å². The van der Waals surface area contributed by atoms with E-state index in [1.54, 1.807) is 0 Å². The smallest absolute Gasteiger partial charge is 0.231 e. The molecule has 1 aliphatic heterocycles. The van der Waals surface area contributed by atoms with Gasteiger partial charge in [0.15, 0.2) is 11.5 Å². The summed E-state index contributed by atoms with van der Waals surface area (Å²) in [6.07, 6.45) is 0. The maximum Gasteiger partial charge on any atom is 0.231 e. The van der Waals surface area contributed by atoms with Crippen molar-refractivity contribution in [3.63, 3.8) is 0 Å². The lowest BCUT2D eigenvalue weighted by atomic mass is 10.2. The fraction of sp³-hybridized carbons (Fsp3) is 0.200. The Balaban J connectivity index is 1.71. The third kappa shape index (κ3) is 2.89. The summed E-state index contributed by atoms with van der Waals surface area (Å²) >= 11 is 3.45. The summed E-state index contributed by atoms with van der Waals surface area (Å²) in [5, 5.41) is 0. The van der Waals surface area contributed by atoms with Gasteiger partial charge < -0.3 is 19.9 Å². The van der Waals surface area contributed by atoms with Crippen LogP contribution in [0.2, 0.25) is 0 Å². The van der Waals surface area contributed by atoms with Crippen molar-refractivity contribution in [2.45, 2.75) is 13.2 Å². The fourth-order valence-electron chi connectivity index (χ4n) is 2.02. The topological polar surface area (TPSA) is 53.7 Å². The zero-order valence-electron chi connectivity index (χ0n) is 10.8. The van der Waals surface area contributed by atoms with E-state index in [1.807, 2.05) is 36.4 Å². The molecule has 1 heterocycles. The van der Waals surface area contributed by atoms with E-state index < -0.39 is 0 Å². The first-order valence-electron chi connectivity index (χ1n) is 6.25. The first-order chi connectivity index (χ1) is 9.74. The molecule has 104 valence electrons. The quantitative estimate of drug-likeness (QED) is 0.932. The molecule has 0 amide bonds. The predicted octanol–water partition coefficient (Wildman–Crippen LogP) is 3.22. The minimum absolute atomic E-state index is 0.283. The van der Waals surface area contributed by atoms with E-state index in [1.165, 1.54) is 0 Å². The Morgan fingerprint density at radius 2 is 1.90 bits per heavy atom. The van der Waals surface area contributed by atoms with Crippen molar-refractivity contribution >= 4 is 15.9 Å². The second kappa shape index (κ2) is 5.73. The van der Waals surface area contributed by atoms with Gasteiger partial charge in [-0.2, -0.15) is 0 Å². The second-order valence-corrected chi connectivity index (χ2v) is 5.39. The highest BCUT2D eigenvalue weighted by Crippen LogP contribution is 2.33. The molecular formula is C15H14BrNO3. The van der Waals surface area contributed by atoms with Gasteiger partial charge in [-0.3, -0.25) is 0 Å². The number of rotatable bonds is 4. The minimum Gasteiger partial charge on any atom is -0.489 e. The first kappa shape index (κ1) is 13.3. The molecular weight excluding hydrogens is 322 g/mol. The van der Waals surface area contributed by atoms with Crippen LogP contribution in [0.5, 0.6) is 17.2 Å². The third-order valence-electron chi connectivity index (χ3n) is 3.01. The van der Waals surface area contributed by atoms with Crippen LogP contribution in [0, 0.1) is 0 Å². The fourth-order valence-corrected chi connectivity index (χ4v) is 2.54. The Labute approximate surface area is 125 Å². The van der Waals surface area contributed by atoms with Gasteiger partial charge in [0.1, 0.15) is 12.4 Å². The van der Waals surface area contributed by atoms with E-state index in [0.29, 0.717) is 13.2 Å². The molecule has 5 heteroatoms. The van der Waals surface area contributed by atoms with Crippen LogP contribution >= 0.6 is 15.9 Å². The van der Waals surface area contributed by atoms with Crippen LogP contribution in [0.3, 0.4) is 0 Å². The normalized spacial score (nSPS) is 12.5. The molecule has 2 aromatic carbocycles. The van der Waals surface area contributed by atoms with Crippen molar-refractivity contribution in [3.8, 4) is 17.2 Å². The van der Waals surface area contributed by atoms with Crippen LogP contribution < -0.4 is 19.9 Å². The van der Waals surface area contributed by atoms with Crippen molar-refractivity contribution in [2.24, 2.45) is 5.73 Å². The lowest BCUT2D eigenvalue weighted by Crippen LogP contribution is -1.99. The predicted molar refractivity (Wildman–Crippen MR) is 78.9 cm³/mol. The Morgan fingerprint density at radius 3 is 2.75 bits per heavy atom. The Morgan fingerprint density at radius 1 is 1.05 bits per heavy atom. The molecule has 20 heavy (non-hydrogen) atoms. The molecule has 1 aliphatic rings. The monoisotopic (exact) mass is 335 g/mol. The van der Waals surface area contributed by atoms with Gasteiger partial charge in [0, 0.05) is 11.0 Å². The average molecular weight is 336 g/mol. The van der Waals surface area contributed by atoms with E-state index in [4.69, 9.17) is 19.9 Å². The van der Waals surface area contributed by atoms with Gasteiger partial charge in [0.05, 0.1) is 0 Å². The van der Waals surface area contributed by atoms with E-state index in [-0.39, 0.29) is 6.79 Å². The van der Waals surface area contributed by atoms with Gasteiger partial charge in [-0.15, -0.1) is 0 Å². The third-order valence-corrected chi connectivity index (χ3v) is 3.47. The lowest BCUT2D eigenvalue weighted by molar-refractivity contribution is 0.174. The molecule has 0 saturated heterocycles. The van der Waals surface area contributed by atoms with Crippen LogP contribution in [0.4, 0.5) is 0 Å². The van der Waals surface area contributed by atoms with Crippen LogP contribution in [0.1, 0.15) is 11.1 Å². The Hall–Kier alpha value is -1.72. The average Bonchev–Trinajstić information content (AvgIpc) is 2.92. The standard InChI is InChI=1S/C15H14BrNO3/c16-12-3-11(7-17)4-13(6-12)18-8-10-1-2-14-15(5-10)20-9-19-14/h1-6H,7-9,17H2. The maximum absolute atomic E-state index is 5.79. The summed E-state index contributed by atoms with van der Waals surface area (Å²) in [6.45, 7) is 1.24. The van der Waals surface area contributed by atoms with Crippen LogP contribution in [-0.4, -0.2) is 6.79 Å². The molecule has 0 saturated carbocycles. The number of hydrogen-bond donors (Lipinski definition) is 1. The molecule has 2 N–H and O–H groups in total. The molecule has 0 atom stereocenters. The molecule has 0 aliphatic carbocycles. The minimum atomic E-state index is 0.283. The van der Waals surface area contributed by atoms with Crippen LogP contribution in [0.15, 0.2) is 40.9 Å². The van der Waals surface area contributed by atoms with Gasteiger partial charge in [0.25, 0.3) is 0 Å². The molecule has 4 nitrogen and oxygen atoms in total. The molecule has 0 bridgehead atoms. The number of halogens is 1. The zero-order chi connectivity index (χ0) is 13.9. The van der Waals surface area contributed by atoms with Gasteiger partial charge in [-0.05, 0) is 41.5 Å². The van der Waals surface area contributed by atoms with Crippen molar-refractivity contribution in [2.75, 3.05) is 6.79 Å². The number of hydrogen-bond acceptors (Lipinski definition) is 4. The summed E-state index contributed by atoms with van der Waals surface area (Å²) in [6, 6.07) is 11.6. The molecule has 0 radical (unpaired) electrons. The summed E-state index contributed by atoms with van der Waals surface area (Å²) in [7, 11) is 0. The molecule has 0 fully saturated rings. The number of benzene rings is 2. The van der Waals surface area contributed by atoms with Crippen molar-refractivity contribution in [3.05, 3.63) is 52.0 Å². The molecule has 0 aromatic heterocycles. The highest BCUT2D eigenvalue weighted by Gasteiger charge is 2.13. The number of ether oxygens (including phenoxy) is 3. The summed E-state index contributed by atoms with van der Waals surface area (Å²) in [4.78, 5) is 0. The lowest BCUT2D eigenvalue weighted by Gasteiger charge is -2.09. The Bertz CT molecular complexity index is 631. The van der Waals surface area contributed by atoms with Crippen LogP contribution in [-0.2, 0) is 13.2 Å². The summed E-state index contributed by atoms with van der Waals surface area (Å²) < 4.78 is 17.4. The van der Waals surface area contributed by atoms with Crippen LogP contribution in [0.25, 0.3) is 0 Å². The Kier molecular flexibility index (Phi) is 3.80. The second-order valence-electron chi connectivity index (χ2n) is 4.48. The van der Waals surface area contributed by atoms with Gasteiger partial charge in [0.2, 0.25) is 6.79 Å². The molecule has 2 aromatic rings. The molecule has 0 spiro atoms. The van der Waals surface area contributed by atoms with E-state index >= 15 is 0 Å². The van der Waals surface area contributed by atoms with Crippen molar-refractivity contribution < 1.29 is 14.2 Å². The summed E-state index contributed by atoms with van der Waals surface area (Å²) in [5.74, 6) is 2.34. The SMILES string of the molecule is NCc1cc(Br)cc(OCc2ccc3c(c2)OCO3)c1. The van der Waals surface area contributed by atoms with E-state index in [0.717, 1.165) is 32.8 Å². The number of nitrogens with two attached hydrogens (primary N) is 1. The molecule has 3 rings (SSSR count). The van der Waals surface area contributed by atoms with Crippen molar-refractivity contribution in [1.29, 1.82) is 0 Å². The number of fused-ring (bicyclic) bond motifs is 1. The first-order valence-corrected chi connectivity index (χ1v) is 7.05. The highest BCUT2D eigenvalue weighted by atomic mass is 79.9. The highest BCUT2D eigenvalue weighted by molar-refractivity contribution is 9.10.